The second-order valence-electron chi connectivity index (χ2n) is 3.96. The van der Waals surface area contributed by atoms with Crippen LogP contribution in [-0.4, -0.2) is 12.2 Å². The fourth-order valence-electron chi connectivity index (χ4n) is 1.32. The van der Waals surface area contributed by atoms with Gasteiger partial charge in [0.15, 0.2) is 0 Å². The van der Waals surface area contributed by atoms with E-state index in [2.05, 4.69) is 34.6 Å². The molecule has 0 aromatic heterocycles. The third-order valence-corrected chi connectivity index (χ3v) is 2.28. The van der Waals surface area contributed by atoms with Crippen molar-refractivity contribution >= 4 is 0 Å². The number of rotatable bonds is 6. The first-order valence-corrected chi connectivity index (χ1v) is 5.25. The van der Waals surface area contributed by atoms with Gasteiger partial charge in [-0.25, -0.2) is 0 Å². The molecule has 2 atom stereocenters. The first kappa shape index (κ1) is 12.0. The van der Waals surface area contributed by atoms with Gasteiger partial charge in [-0.3, -0.25) is 0 Å². The predicted octanol–water partition coefficient (Wildman–Crippen LogP) is 3.63. The smallest absolute Gasteiger partial charge is 0.0578 e. The van der Waals surface area contributed by atoms with Gasteiger partial charge < -0.3 is 4.74 Å². The van der Waals surface area contributed by atoms with E-state index in [4.69, 9.17) is 4.74 Å². The highest BCUT2D eigenvalue weighted by Crippen LogP contribution is 2.15. The van der Waals surface area contributed by atoms with E-state index in [-0.39, 0.29) is 0 Å². The van der Waals surface area contributed by atoms with Crippen LogP contribution in [0.1, 0.15) is 53.9 Å². The maximum absolute atomic E-state index is 5.77. The molecule has 1 heteroatoms. The summed E-state index contributed by atoms with van der Waals surface area (Å²) >= 11 is 0. The van der Waals surface area contributed by atoms with Crippen molar-refractivity contribution in [1.82, 2.24) is 0 Å². The molecule has 0 N–H and O–H groups in total. The van der Waals surface area contributed by atoms with Gasteiger partial charge >= 0.3 is 0 Å². The van der Waals surface area contributed by atoms with Crippen LogP contribution in [0.3, 0.4) is 0 Å². The van der Waals surface area contributed by atoms with Crippen LogP contribution in [0, 0.1) is 5.92 Å². The van der Waals surface area contributed by atoms with Crippen LogP contribution in [0.25, 0.3) is 0 Å². The van der Waals surface area contributed by atoms with E-state index in [9.17, 15) is 0 Å². The lowest BCUT2D eigenvalue weighted by atomic mass is 9.99. The lowest BCUT2D eigenvalue weighted by Crippen LogP contribution is -2.19. The molecule has 0 aliphatic carbocycles. The SMILES string of the molecule is CCC(C)CC(CC)OC(C)C. The van der Waals surface area contributed by atoms with Gasteiger partial charge in [-0.1, -0.05) is 27.2 Å². The van der Waals surface area contributed by atoms with E-state index in [0.717, 1.165) is 12.3 Å². The summed E-state index contributed by atoms with van der Waals surface area (Å²) < 4.78 is 5.77. The Morgan fingerprint density at radius 3 is 1.92 bits per heavy atom. The molecule has 0 amide bonds. The minimum atomic E-state index is 0.374. The van der Waals surface area contributed by atoms with Crippen molar-refractivity contribution in [2.45, 2.75) is 66.1 Å². The van der Waals surface area contributed by atoms with E-state index in [1.165, 1.54) is 12.8 Å². The molecule has 0 rings (SSSR count). The van der Waals surface area contributed by atoms with Crippen molar-refractivity contribution in [3.8, 4) is 0 Å². The molecule has 2 unspecified atom stereocenters. The highest BCUT2D eigenvalue weighted by atomic mass is 16.5. The van der Waals surface area contributed by atoms with Crippen molar-refractivity contribution in [2.75, 3.05) is 0 Å². The Balaban J connectivity index is 3.66. The third-order valence-electron chi connectivity index (χ3n) is 2.28. The van der Waals surface area contributed by atoms with Crippen LogP contribution in [-0.2, 0) is 4.74 Å². The van der Waals surface area contributed by atoms with Crippen LogP contribution >= 0.6 is 0 Å². The van der Waals surface area contributed by atoms with E-state index in [1.54, 1.807) is 0 Å². The van der Waals surface area contributed by atoms with E-state index in [1.807, 2.05) is 0 Å². The molecule has 0 aliphatic rings. The Hall–Kier alpha value is -0.0400. The topological polar surface area (TPSA) is 9.23 Å². The fraction of sp³-hybridized carbons (Fsp3) is 1.00. The van der Waals surface area contributed by atoms with Crippen LogP contribution < -0.4 is 0 Å². The van der Waals surface area contributed by atoms with Gasteiger partial charge in [-0.15, -0.1) is 0 Å². The monoisotopic (exact) mass is 172 g/mol. The Morgan fingerprint density at radius 2 is 1.58 bits per heavy atom. The lowest BCUT2D eigenvalue weighted by molar-refractivity contribution is -0.00645. The summed E-state index contributed by atoms with van der Waals surface area (Å²) in [6.07, 6.45) is 4.46. The summed E-state index contributed by atoms with van der Waals surface area (Å²) in [4.78, 5) is 0. The zero-order valence-corrected chi connectivity index (χ0v) is 9.26. The molecule has 0 aliphatic heterocycles. The number of ether oxygens (including phenoxy) is 1. The molecule has 0 fully saturated rings. The fourth-order valence-corrected chi connectivity index (χ4v) is 1.32. The summed E-state index contributed by atoms with van der Waals surface area (Å²) in [5.41, 5.74) is 0. The molecular formula is C11H24O. The summed E-state index contributed by atoms with van der Waals surface area (Å²) in [6, 6.07) is 0. The molecule has 0 heterocycles. The van der Waals surface area contributed by atoms with Crippen molar-refractivity contribution in [1.29, 1.82) is 0 Å². The second kappa shape index (κ2) is 6.47. The molecule has 0 spiro atoms. The minimum Gasteiger partial charge on any atom is -0.376 e. The largest absolute Gasteiger partial charge is 0.376 e. The number of hydrogen-bond acceptors (Lipinski definition) is 1. The molecule has 0 bridgehead atoms. The van der Waals surface area contributed by atoms with Crippen molar-refractivity contribution in [3.63, 3.8) is 0 Å². The quantitative estimate of drug-likeness (QED) is 0.594. The van der Waals surface area contributed by atoms with Crippen LogP contribution in [0.5, 0.6) is 0 Å². The summed E-state index contributed by atoms with van der Waals surface area (Å²) in [5, 5.41) is 0. The van der Waals surface area contributed by atoms with E-state index >= 15 is 0 Å². The highest BCUT2D eigenvalue weighted by molar-refractivity contribution is 4.61. The third kappa shape index (κ3) is 5.59. The molecule has 0 saturated carbocycles. The molecule has 74 valence electrons. The Bertz CT molecular complexity index is 99.2. The maximum Gasteiger partial charge on any atom is 0.0578 e. The first-order chi connectivity index (χ1) is 5.60. The number of hydrogen-bond donors (Lipinski definition) is 0. The summed E-state index contributed by atoms with van der Waals surface area (Å²) in [7, 11) is 0. The first-order valence-electron chi connectivity index (χ1n) is 5.25. The molecular weight excluding hydrogens is 148 g/mol. The van der Waals surface area contributed by atoms with Crippen molar-refractivity contribution < 1.29 is 4.74 Å². The van der Waals surface area contributed by atoms with E-state index in [0.29, 0.717) is 12.2 Å². The van der Waals surface area contributed by atoms with Crippen molar-refractivity contribution in [2.24, 2.45) is 5.92 Å². The van der Waals surface area contributed by atoms with Gasteiger partial charge in [0.1, 0.15) is 0 Å². The second-order valence-corrected chi connectivity index (χ2v) is 3.96. The van der Waals surface area contributed by atoms with Gasteiger partial charge in [-0.05, 0) is 32.6 Å². The normalized spacial score (nSPS) is 16.5. The van der Waals surface area contributed by atoms with Crippen LogP contribution in [0.4, 0.5) is 0 Å². The minimum absolute atomic E-state index is 0.374. The zero-order valence-electron chi connectivity index (χ0n) is 9.26. The van der Waals surface area contributed by atoms with Crippen molar-refractivity contribution in [3.05, 3.63) is 0 Å². The van der Waals surface area contributed by atoms with Crippen LogP contribution in [0.15, 0.2) is 0 Å². The Labute approximate surface area is 77.5 Å². The Morgan fingerprint density at radius 1 is 1.00 bits per heavy atom. The van der Waals surface area contributed by atoms with Gasteiger partial charge in [0.05, 0.1) is 12.2 Å². The summed E-state index contributed by atoms with van der Waals surface area (Å²) in [5.74, 6) is 0.800. The lowest BCUT2D eigenvalue weighted by Gasteiger charge is -2.21. The maximum atomic E-state index is 5.77. The average molecular weight is 172 g/mol. The Kier molecular flexibility index (Phi) is 6.45. The van der Waals surface area contributed by atoms with Gasteiger partial charge in [-0.2, -0.15) is 0 Å². The van der Waals surface area contributed by atoms with E-state index < -0.39 is 0 Å². The zero-order chi connectivity index (χ0) is 9.56. The van der Waals surface area contributed by atoms with Gasteiger partial charge in [0.25, 0.3) is 0 Å². The van der Waals surface area contributed by atoms with Gasteiger partial charge in [0.2, 0.25) is 0 Å². The molecule has 0 aromatic rings. The van der Waals surface area contributed by atoms with Crippen LogP contribution in [0.2, 0.25) is 0 Å². The molecule has 0 saturated heterocycles. The predicted molar refractivity (Wildman–Crippen MR) is 54.4 cm³/mol. The molecule has 12 heavy (non-hydrogen) atoms. The molecule has 0 radical (unpaired) electrons. The molecule has 0 aromatic carbocycles. The summed E-state index contributed by atoms with van der Waals surface area (Å²) in [6.45, 7) is 11.0. The standard InChI is InChI=1S/C11H24O/c1-6-10(5)8-11(7-2)12-9(3)4/h9-11H,6-8H2,1-5H3. The average Bonchev–Trinajstić information content (AvgIpc) is 2.02. The van der Waals surface area contributed by atoms with Gasteiger partial charge in [0, 0.05) is 0 Å². The highest BCUT2D eigenvalue weighted by Gasteiger charge is 2.11. The molecule has 1 nitrogen and oxygen atoms in total.